The van der Waals surface area contributed by atoms with Crippen molar-refractivity contribution in [2.75, 3.05) is 6.54 Å². The van der Waals surface area contributed by atoms with Gasteiger partial charge in [-0.25, -0.2) is 9.37 Å². The Morgan fingerprint density at radius 2 is 1.58 bits per heavy atom. The summed E-state index contributed by atoms with van der Waals surface area (Å²) in [5, 5.41) is 3.03. The zero-order valence-electron chi connectivity index (χ0n) is 18.8. The van der Waals surface area contributed by atoms with Crippen molar-refractivity contribution in [1.29, 1.82) is 0 Å². The molecule has 4 aromatic rings. The molecule has 0 fully saturated rings. The van der Waals surface area contributed by atoms with E-state index in [1.807, 2.05) is 48.5 Å². The first-order chi connectivity index (χ1) is 16.2. The van der Waals surface area contributed by atoms with Gasteiger partial charge in [0.05, 0.1) is 11.0 Å². The second-order valence-electron chi connectivity index (χ2n) is 8.38. The van der Waals surface area contributed by atoms with E-state index < -0.39 is 0 Å². The van der Waals surface area contributed by atoms with Crippen LogP contribution in [-0.4, -0.2) is 22.0 Å². The van der Waals surface area contributed by atoms with Crippen LogP contribution in [0.5, 0.6) is 0 Å². The second kappa shape index (κ2) is 11.4. The maximum Gasteiger partial charge on any atom is 0.220 e. The lowest BCUT2D eigenvalue weighted by molar-refractivity contribution is -0.121. The normalized spacial score (nSPS) is 11.1. The Morgan fingerprint density at radius 3 is 2.39 bits per heavy atom. The molecule has 4 rings (SSSR count). The van der Waals surface area contributed by atoms with E-state index >= 15 is 0 Å². The number of carbonyl (C=O) groups is 1. The Kier molecular flexibility index (Phi) is 7.85. The summed E-state index contributed by atoms with van der Waals surface area (Å²) >= 11 is 0. The van der Waals surface area contributed by atoms with Crippen molar-refractivity contribution in [3.63, 3.8) is 0 Å². The zero-order chi connectivity index (χ0) is 22.9. The number of aryl methyl sites for hydroxylation is 2. The Morgan fingerprint density at radius 1 is 0.818 bits per heavy atom. The van der Waals surface area contributed by atoms with Gasteiger partial charge in [-0.2, -0.15) is 0 Å². The number of benzene rings is 3. The Hall–Kier alpha value is -3.47. The summed E-state index contributed by atoms with van der Waals surface area (Å²) in [6.07, 6.45) is 5.16. The van der Waals surface area contributed by atoms with Crippen LogP contribution < -0.4 is 5.32 Å². The summed E-state index contributed by atoms with van der Waals surface area (Å²) in [6, 6.07) is 24.9. The number of halogens is 1. The Labute approximate surface area is 194 Å². The third kappa shape index (κ3) is 6.51. The molecular weight excluding hydrogens is 413 g/mol. The van der Waals surface area contributed by atoms with Gasteiger partial charge in [0, 0.05) is 25.9 Å². The predicted molar refractivity (Wildman–Crippen MR) is 131 cm³/mol. The van der Waals surface area contributed by atoms with E-state index in [-0.39, 0.29) is 11.7 Å². The molecule has 1 heterocycles. The number of carbonyl (C=O) groups excluding carboxylic acids is 1. The molecule has 0 aliphatic carbocycles. The van der Waals surface area contributed by atoms with Gasteiger partial charge < -0.3 is 9.88 Å². The summed E-state index contributed by atoms with van der Waals surface area (Å²) in [7, 11) is 0. The van der Waals surface area contributed by atoms with Crippen LogP contribution in [0.1, 0.15) is 42.6 Å². The molecular formula is C28H30FN3O. The van der Waals surface area contributed by atoms with Gasteiger partial charge in [-0.15, -0.1) is 0 Å². The van der Waals surface area contributed by atoms with Gasteiger partial charge in [-0.05, 0) is 54.7 Å². The van der Waals surface area contributed by atoms with Crippen molar-refractivity contribution in [2.24, 2.45) is 0 Å². The van der Waals surface area contributed by atoms with Crippen molar-refractivity contribution in [3.8, 4) is 0 Å². The maximum absolute atomic E-state index is 13.3. The molecule has 170 valence electrons. The van der Waals surface area contributed by atoms with Gasteiger partial charge in [0.2, 0.25) is 5.91 Å². The molecule has 0 aliphatic rings. The van der Waals surface area contributed by atoms with E-state index in [4.69, 9.17) is 4.98 Å². The molecule has 3 aromatic carbocycles. The van der Waals surface area contributed by atoms with Crippen LogP contribution in [0.25, 0.3) is 11.0 Å². The highest BCUT2D eigenvalue weighted by atomic mass is 19.1. The molecule has 0 spiro atoms. The second-order valence-corrected chi connectivity index (χ2v) is 8.38. The first kappa shape index (κ1) is 22.7. The van der Waals surface area contributed by atoms with Crippen molar-refractivity contribution < 1.29 is 9.18 Å². The van der Waals surface area contributed by atoms with Crippen LogP contribution in [-0.2, 0) is 24.2 Å². The van der Waals surface area contributed by atoms with Gasteiger partial charge in [0.25, 0.3) is 0 Å². The SMILES string of the molecule is O=C(CCc1ccccc1)NCCCCCc1nc2ccccc2n1Cc1ccc(F)cc1. The summed E-state index contributed by atoms with van der Waals surface area (Å²) in [6.45, 7) is 1.38. The summed E-state index contributed by atoms with van der Waals surface area (Å²) in [5.41, 5.74) is 4.33. The number of rotatable bonds is 11. The van der Waals surface area contributed by atoms with Gasteiger partial charge in [0.1, 0.15) is 11.6 Å². The highest BCUT2D eigenvalue weighted by Crippen LogP contribution is 2.20. The molecule has 1 aromatic heterocycles. The quantitative estimate of drug-likeness (QED) is 0.303. The molecule has 33 heavy (non-hydrogen) atoms. The maximum atomic E-state index is 13.3. The fourth-order valence-corrected chi connectivity index (χ4v) is 4.07. The summed E-state index contributed by atoms with van der Waals surface area (Å²) in [4.78, 5) is 16.9. The van der Waals surface area contributed by atoms with Gasteiger partial charge in [0.15, 0.2) is 0 Å². The van der Waals surface area contributed by atoms with Crippen molar-refractivity contribution >= 4 is 16.9 Å². The van der Waals surface area contributed by atoms with E-state index in [1.54, 1.807) is 0 Å². The average molecular weight is 444 g/mol. The molecule has 0 saturated heterocycles. The standard InChI is InChI=1S/C28H30FN3O/c29-24-17-14-23(15-18-24)21-32-26-12-7-6-11-25(26)31-27(32)13-5-2-8-20-30-28(33)19-16-22-9-3-1-4-10-22/h1,3-4,6-7,9-12,14-15,17-18H,2,5,8,13,16,19-21H2,(H,30,33). The minimum atomic E-state index is -0.221. The number of hydrogen-bond donors (Lipinski definition) is 1. The Balaban J connectivity index is 1.24. The van der Waals surface area contributed by atoms with Crippen LogP contribution in [0, 0.1) is 5.82 Å². The topological polar surface area (TPSA) is 46.9 Å². The van der Waals surface area contributed by atoms with Crippen molar-refractivity contribution in [1.82, 2.24) is 14.9 Å². The number of aromatic nitrogens is 2. The highest BCUT2D eigenvalue weighted by molar-refractivity contribution is 5.76. The summed E-state index contributed by atoms with van der Waals surface area (Å²) < 4.78 is 15.5. The monoisotopic (exact) mass is 443 g/mol. The molecule has 1 amide bonds. The number of unbranched alkanes of at least 4 members (excludes halogenated alkanes) is 2. The minimum Gasteiger partial charge on any atom is -0.356 e. The molecule has 5 heteroatoms. The van der Waals surface area contributed by atoms with Gasteiger partial charge in [-0.1, -0.05) is 61.0 Å². The fourth-order valence-electron chi connectivity index (χ4n) is 4.07. The molecule has 4 nitrogen and oxygen atoms in total. The van der Waals surface area contributed by atoms with Crippen LogP contribution in [0.15, 0.2) is 78.9 Å². The van der Waals surface area contributed by atoms with E-state index in [2.05, 4.69) is 28.1 Å². The first-order valence-corrected chi connectivity index (χ1v) is 11.7. The highest BCUT2D eigenvalue weighted by Gasteiger charge is 2.11. The molecule has 0 saturated carbocycles. The van der Waals surface area contributed by atoms with Gasteiger partial charge in [-0.3, -0.25) is 4.79 Å². The Bertz CT molecular complexity index is 1170. The number of hydrogen-bond acceptors (Lipinski definition) is 2. The fraction of sp³-hybridized carbons (Fsp3) is 0.286. The van der Waals surface area contributed by atoms with E-state index in [0.29, 0.717) is 19.5 Å². The number of imidazole rings is 1. The third-order valence-electron chi connectivity index (χ3n) is 5.87. The lowest BCUT2D eigenvalue weighted by Crippen LogP contribution is -2.24. The number of para-hydroxylation sites is 2. The smallest absolute Gasteiger partial charge is 0.220 e. The zero-order valence-corrected chi connectivity index (χ0v) is 18.8. The third-order valence-corrected chi connectivity index (χ3v) is 5.87. The number of amides is 1. The first-order valence-electron chi connectivity index (χ1n) is 11.7. The number of nitrogens with zero attached hydrogens (tertiary/aromatic N) is 2. The number of nitrogens with one attached hydrogen (secondary N) is 1. The van der Waals surface area contributed by atoms with E-state index in [1.165, 1.54) is 17.7 Å². The van der Waals surface area contributed by atoms with Crippen LogP contribution in [0.4, 0.5) is 4.39 Å². The molecule has 0 radical (unpaired) electrons. The minimum absolute atomic E-state index is 0.111. The molecule has 1 N–H and O–H groups in total. The van der Waals surface area contributed by atoms with E-state index in [9.17, 15) is 9.18 Å². The van der Waals surface area contributed by atoms with Crippen LogP contribution >= 0.6 is 0 Å². The van der Waals surface area contributed by atoms with Crippen LogP contribution in [0.3, 0.4) is 0 Å². The van der Waals surface area contributed by atoms with E-state index in [0.717, 1.165) is 54.5 Å². The largest absolute Gasteiger partial charge is 0.356 e. The van der Waals surface area contributed by atoms with Crippen molar-refractivity contribution in [3.05, 3.63) is 102 Å². The van der Waals surface area contributed by atoms with Gasteiger partial charge >= 0.3 is 0 Å². The molecule has 0 bridgehead atoms. The average Bonchev–Trinajstić information content (AvgIpc) is 3.19. The van der Waals surface area contributed by atoms with Crippen molar-refractivity contribution in [2.45, 2.75) is 45.1 Å². The molecule has 0 unspecified atom stereocenters. The molecule has 0 aliphatic heterocycles. The number of fused-ring (bicyclic) bond motifs is 1. The van der Waals surface area contributed by atoms with Crippen LogP contribution in [0.2, 0.25) is 0 Å². The summed E-state index contributed by atoms with van der Waals surface area (Å²) in [5.74, 6) is 0.939. The lowest BCUT2D eigenvalue weighted by atomic mass is 10.1. The lowest BCUT2D eigenvalue weighted by Gasteiger charge is -2.10. The molecule has 0 atom stereocenters. The predicted octanol–water partition coefficient (Wildman–Crippen LogP) is 5.69.